The van der Waals surface area contributed by atoms with E-state index in [0.29, 0.717) is 13.1 Å². The number of nitro groups is 1. The minimum atomic E-state index is -0.690. The summed E-state index contributed by atoms with van der Waals surface area (Å²) in [5.74, 6) is -1.91. The monoisotopic (exact) mass is 430 g/mol. The average Bonchev–Trinajstić information content (AvgIpc) is 3.36. The fourth-order valence-electron chi connectivity index (χ4n) is 4.81. The third-order valence-corrected chi connectivity index (χ3v) is 6.32. The normalized spacial score (nSPS) is 26.3. The number of imide groups is 1. The van der Waals surface area contributed by atoms with Crippen LogP contribution in [0.4, 0.5) is 15.8 Å². The number of fused-ring (bicyclic) bond motifs is 3. The predicted molar refractivity (Wildman–Crippen MR) is 105 cm³/mol. The van der Waals surface area contributed by atoms with Gasteiger partial charge in [0.2, 0.25) is 5.91 Å². The number of nitrogens with zero attached hydrogens (tertiary/aromatic N) is 4. The lowest BCUT2D eigenvalue weighted by atomic mass is 9.90. The summed E-state index contributed by atoms with van der Waals surface area (Å²) in [5.41, 5.74) is 0.504. The van der Waals surface area contributed by atoms with Crippen LogP contribution in [0.3, 0.4) is 0 Å². The molecule has 30 heavy (non-hydrogen) atoms. The number of carbonyl (C=O) groups excluding carboxylic acids is 2. The fourth-order valence-corrected chi connectivity index (χ4v) is 4.99. The molecule has 3 aliphatic heterocycles. The highest BCUT2D eigenvalue weighted by atomic mass is 35.5. The Labute approximate surface area is 175 Å². The Kier molecular flexibility index (Phi) is 4.35. The molecule has 3 fully saturated rings. The second-order valence-electron chi connectivity index (χ2n) is 7.55. The van der Waals surface area contributed by atoms with Gasteiger partial charge in [-0.2, -0.15) is 0 Å². The fraction of sp³-hybridized carbons (Fsp3) is 0.300. The van der Waals surface area contributed by atoms with Gasteiger partial charge in [-0.3, -0.25) is 19.7 Å². The maximum Gasteiger partial charge on any atom is 0.289 e. The Morgan fingerprint density at radius 2 is 1.67 bits per heavy atom. The maximum atomic E-state index is 13.4. The first-order valence-corrected chi connectivity index (χ1v) is 9.86. The third kappa shape index (κ3) is 2.66. The Morgan fingerprint density at radius 3 is 2.33 bits per heavy atom. The van der Waals surface area contributed by atoms with E-state index in [2.05, 4.69) is 0 Å². The van der Waals surface area contributed by atoms with Crippen molar-refractivity contribution >= 4 is 34.8 Å². The Hall–Kier alpha value is -2.88. The molecule has 0 bridgehead atoms. The number of amides is 2. The molecule has 0 N–H and O–H groups in total. The van der Waals surface area contributed by atoms with Gasteiger partial charge in [-0.15, -0.1) is 0 Å². The number of hydrogen-bond donors (Lipinski definition) is 0. The molecule has 0 saturated carbocycles. The molecule has 3 saturated heterocycles. The number of rotatable bonds is 3. The van der Waals surface area contributed by atoms with Crippen molar-refractivity contribution in [1.82, 2.24) is 10.0 Å². The molecule has 3 atom stereocenters. The second kappa shape index (κ2) is 6.83. The van der Waals surface area contributed by atoms with Crippen molar-refractivity contribution in [3.05, 3.63) is 69.0 Å². The molecular formula is C20H16ClFN4O4. The van der Waals surface area contributed by atoms with Crippen LogP contribution in [-0.4, -0.2) is 45.9 Å². The van der Waals surface area contributed by atoms with E-state index in [1.807, 2.05) is 10.0 Å². The lowest BCUT2D eigenvalue weighted by molar-refractivity contribution is -0.384. The van der Waals surface area contributed by atoms with Gasteiger partial charge in [-0.05, 0) is 36.2 Å². The summed E-state index contributed by atoms with van der Waals surface area (Å²) in [6, 6.07) is 8.73. The maximum absolute atomic E-state index is 13.4. The summed E-state index contributed by atoms with van der Waals surface area (Å²) in [4.78, 5) is 38.3. The minimum absolute atomic E-state index is 0.0713. The van der Waals surface area contributed by atoms with Gasteiger partial charge in [0.15, 0.2) is 0 Å². The van der Waals surface area contributed by atoms with Crippen molar-refractivity contribution in [1.29, 1.82) is 0 Å². The summed E-state index contributed by atoms with van der Waals surface area (Å²) in [6.07, 6.45) is 0.842. The van der Waals surface area contributed by atoms with E-state index in [1.165, 1.54) is 24.3 Å². The molecule has 0 aliphatic carbocycles. The summed E-state index contributed by atoms with van der Waals surface area (Å²) in [6.45, 7) is 1.33. The number of carbonyl (C=O) groups is 2. The van der Waals surface area contributed by atoms with Crippen LogP contribution in [0.25, 0.3) is 0 Å². The lowest BCUT2D eigenvalue weighted by Crippen LogP contribution is -2.44. The number of halogens is 2. The number of hydrazine groups is 1. The van der Waals surface area contributed by atoms with Gasteiger partial charge in [0.05, 0.1) is 22.6 Å². The van der Waals surface area contributed by atoms with Crippen LogP contribution in [0, 0.1) is 21.8 Å². The smallest absolute Gasteiger partial charge is 0.274 e. The van der Waals surface area contributed by atoms with Crippen LogP contribution in [0.5, 0.6) is 0 Å². The molecule has 8 nitrogen and oxygen atoms in total. The van der Waals surface area contributed by atoms with Gasteiger partial charge in [-0.1, -0.05) is 23.7 Å². The van der Waals surface area contributed by atoms with Gasteiger partial charge in [0, 0.05) is 19.2 Å². The molecule has 2 aromatic carbocycles. The van der Waals surface area contributed by atoms with E-state index >= 15 is 0 Å². The molecule has 5 rings (SSSR count). The Morgan fingerprint density at radius 1 is 1.00 bits per heavy atom. The molecule has 2 amide bonds. The summed E-state index contributed by atoms with van der Waals surface area (Å²) >= 11 is 5.88. The summed E-state index contributed by atoms with van der Waals surface area (Å²) < 4.78 is 13.4. The quantitative estimate of drug-likeness (QED) is 0.423. The molecule has 0 unspecified atom stereocenters. The van der Waals surface area contributed by atoms with Crippen molar-refractivity contribution in [3.63, 3.8) is 0 Å². The second-order valence-corrected chi connectivity index (χ2v) is 7.96. The molecule has 154 valence electrons. The molecule has 3 heterocycles. The van der Waals surface area contributed by atoms with Crippen LogP contribution in [0.2, 0.25) is 5.02 Å². The van der Waals surface area contributed by atoms with Crippen LogP contribution in [-0.2, 0) is 9.59 Å². The van der Waals surface area contributed by atoms with Gasteiger partial charge < -0.3 is 0 Å². The van der Waals surface area contributed by atoms with Gasteiger partial charge >= 0.3 is 0 Å². The van der Waals surface area contributed by atoms with Crippen molar-refractivity contribution in [2.45, 2.75) is 18.5 Å². The average molecular weight is 431 g/mol. The van der Waals surface area contributed by atoms with Crippen LogP contribution >= 0.6 is 11.6 Å². The van der Waals surface area contributed by atoms with Crippen LogP contribution in [0.15, 0.2) is 42.5 Å². The molecule has 0 radical (unpaired) electrons. The molecule has 3 aliphatic rings. The molecular weight excluding hydrogens is 415 g/mol. The highest BCUT2D eigenvalue weighted by Crippen LogP contribution is 2.49. The molecule has 10 heteroatoms. The first-order chi connectivity index (χ1) is 14.4. The van der Waals surface area contributed by atoms with Gasteiger partial charge in [0.1, 0.15) is 16.9 Å². The lowest BCUT2D eigenvalue weighted by Gasteiger charge is -2.29. The highest BCUT2D eigenvalue weighted by Gasteiger charge is 2.62. The zero-order valence-electron chi connectivity index (χ0n) is 15.6. The predicted octanol–water partition coefficient (Wildman–Crippen LogP) is 2.92. The first kappa shape index (κ1) is 19.1. The molecule has 0 spiro atoms. The van der Waals surface area contributed by atoms with Crippen LogP contribution < -0.4 is 4.90 Å². The van der Waals surface area contributed by atoms with Crippen molar-refractivity contribution < 1.29 is 18.9 Å². The topological polar surface area (TPSA) is 87.0 Å². The van der Waals surface area contributed by atoms with E-state index in [0.717, 1.165) is 23.0 Å². The van der Waals surface area contributed by atoms with Gasteiger partial charge in [0.25, 0.3) is 11.6 Å². The van der Waals surface area contributed by atoms with E-state index in [1.54, 1.807) is 12.1 Å². The minimum Gasteiger partial charge on any atom is -0.274 e. The third-order valence-electron chi connectivity index (χ3n) is 6.00. The zero-order chi connectivity index (χ0) is 21.2. The van der Waals surface area contributed by atoms with E-state index in [4.69, 9.17) is 11.6 Å². The van der Waals surface area contributed by atoms with Crippen molar-refractivity contribution in [2.24, 2.45) is 5.92 Å². The number of benzene rings is 2. The van der Waals surface area contributed by atoms with Crippen molar-refractivity contribution in [3.8, 4) is 0 Å². The Balaban J connectivity index is 1.58. The Bertz CT molecular complexity index is 1080. The SMILES string of the molecule is O=C1[C@@H]2[C@@H](C(=O)N1c1ccc(Cl)c([N+](=O)[O-])c1)N1CCCN1[C@H]2c1ccc(F)cc1. The van der Waals surface area contributed by atoms with E-state index in [9.17, 15) is 24.1 Å². The van der Waals surface area contributed by atoms with E-state index < -0.39 is 34.7 Å². The summed E-state index contributed by atoms with van der Waals surface area (Å²) in [7, 11) is 0. The van der Waals surface area contributed by atoms with Crippen LogP contribution in [0.1, 0.15) is 18.0 Å². The van der Waals surface area contributed by atoms with Crippen molar-refractivity contribution in [2.75, 3.05) is 18.0 Å². The van der Waals surface area contributed by atoms with Gasteiger partial charge in [-0.25, -0.2) is 19.3 Å². The summed E-state index contributed by atoms with van der Waals surface area (Å²) in [5, 5.41) is 15.1. The molecule has 0 aromatic heterocycles. The number of nitro benzene ring substituents is 1. The standard InChI is InChI=1S/C20H16ClFN4O4/c21-14-7-6-13(10-15(14)26(29)30)25-19(27)16-17(11-2-4-12(22)5-3-11)23-8-1-9-24(23)18(16)20(25)28/h2-7,10,16-18H,1,8-9H2/t16-,17-,18-/m0/s1. The highest BCUT2D eigenvalue weighted by molar-refractivity contribution is 6.33. The zero-order valence-corrected chi connectivity index (χ0v) is 16.3. The molecule has 2 aromatic rings. The number of hydrogen-bond acceptors (Lipinski definition) is 6. The largest absolute Gasteiger partial charge is 0.289 e. The van der Waals surface area contributed by atoms with E-state index in [-0.39, 0.29) is 22.2 Å². The number of anilines is 1. The first-order valence-electron chi connectivity index (χ1n) is 9.49.